The van der Waals surface area contributed by atoms with E-state index in [-0.39, 0.29) is 31.6 Å². The minimum atomic E-state index is -1.21. The highest BCUT2D eigenvalue weighted by Gasteiger charge is 2.79. The highest BCUT2D eigenvalue weighted by atomic mass is 16.6. The molecule has 2 bridgehead atoms. The van der Waals surface area contributed by atoms with Crippen LogP contribution in [0.25, 0.3) is 0 Å². The van der Waals surface area contributed by atoms with Gasteiger partial charge in [0.2, 0.25) is 5.91 Å². The van der Waals surface area contributed by atoms with Gasteiger partial charge < -0.3 is 29.1 Å². The Morgan fingerprint density at radius 2 is 1.97 bits per heavy atom. The van der Waals surface area contributed by atoms with Crippen LogP contribution in [0.15, 0.2) is 49.6 Å². The molecule has 9 heteroatoms. The van der Waals surface area contributed by atoms with Crippen LogP contribution in [0.3, 0.4) is 0 Å². The Kier molecular flexibility index (Phi) is 8.51. The molecule has 3 saturated heterocycles. The highest BCUT2D eigenvalue weighted by Crippen LogP contribution is 2.63. The van der Waals surface area contributed by atoms with Crippen molar-refractivity contribution in [2.75, 3.05) is 31.8 Å². The number of esters is 1. The van der Waals surface area contributed by atoms with Crippen LogP contribution in [0, 0.1) is 11.8 Å². The Morgan fingerprint density at radius 1 is 1.26 bits per heavy atom. The molecule has 3 aliphatic rings. The van der Waals surface area contributed by atoms with E-state index in [0.717, 1.165) is 0 Å². The zero-order valence-corrected chi connectivity index (χ0v) is 23.1. The molecule has 3 fully saturated rings. The fourth-order valence-electron chi connectivity index (χ4n) is 6.66. The van der Waals surface area contributed by atoms with E-state index in [2.05, 4.69) is 13.2 Å². The number of allylic oxidation sites excluding steroid dienone is 1. The van der Waals surface area contributed by atoms with Crippen molar-refractivity contribution in [1.82, 2.24) is 4.90 Å². The number of amides is 2. The number of methoxy groups -OCH3 is 1. The predicted molar refractivity (Wildman–Crippen MR) is 146 cm³/mol. The van der Waals surface area contributed by atoms with Crippen molar-refractivity contribution in [2.45, 2.75) is 69.2 Å². The molecule has 0 radical (unpaired) electrons. The number of carbonyl (C=O) groups is 3. The van der Waals surface area contributed by atoms with Crippen molar-refractivity contribution < 1.29 is 33.7 Å². The number of benzene rings is 1. The van der Waals surface area contributed by atoms with Crippen LogP contribution in [0.4, 0.5) is 5.69 Å². The minimum absolute atomic E-state index is 0.201. The van der Waals surface area contributed by atoms with Crippen LogP contribution in [-0.2, 0) is 23.9 Å². The van der Waals surface area contributed by atoms with Gasteiger partial charge in [0.1, 0.15) is 23.3 Å². The van der Waals surface area contributed by atoms with E-state index >= 15 is 0 Å². The largest absolute Gasteiger partial charge is 0.497 e. The second-order valence-corrected chi connectivity index (χ2v) is 10.8. The van der Waals surface area contributed by atoms with Crippen LogP contribution in [0.1, 0.15) is 46.0 Å². The highest BCUT2D eigenvalue weighted by molar-refractivity contribution is 6.05. The van der Waals surface area contributed by atoms with Crippen molar-refractivity contribution in [1.29, 1.82) is 0 Å². The number of aliphatic hydroxyl groups excluding tert-OH is 1. The SMILES string of the molecule is C=CCCCOC(=O)[C@@H]1[C@H]2C(=O)N([C@@H](CC)CO)C(C(=O)N(CC=C)c3ccc(OC)cc3)C23CC[C@@]1(C)O3. The zero-order chi connectivity index (χ0) is 28.4. The maximum absolute atomic E-state index is 14.5. The lowest BCUT2D eigenvalue weighted by molar-refractivity contribution is -0.160. The lowest BCUT2D eigenvalue weighted by Gasteiger charge is -2.39. The molecule has 4 rings (SSSR count). The summed E-state index contributed by atoms with van der Waals surface area (Å²) in [5.41, 5.74) is -1.52. The Morgan fingerprint density at radius 3 is 2.56 bits per heavy atom. The van der Waals surface area contributed by atoms with Gasteiger partial charge in [-0.25, -0.2) is 0 Å². The average Bonchev–Trinajstić information content (AvgIpc) is 3.51. The number of unbranched alkanes of at least 4 members (excludes halogenated alkanes) is 1. The van der Waals surface area contributed by atoms with Crippen LogP contribution in [0.2, 0.25) is 0 Å². The smallest absolute Gasteiger partial charge is 0.312 e. The number of aliphatic hydroxyl groups is 1. The maximum Gasteiger partial charge on any atom is 0.312 e. The Labute approximate surface area is 230 Å². The van der Waals surface area contributed by atoms with Gasteiger partial charge in [-0.05, 0) is 63.3 Å². The molecule has 1 aromatic rings. The molecule has 1 aromatic carbocycles. The average molecular weight is 541 g/mol. The first-order valence-corrected chi connectivity index (χ1v) is 13.7. The summed E-state index contributed by atoms with van der Waals surface area (Å²) in [5.74, 6) is -2.24. The molecular weight excluding hydrogens is 500 g/mol. The van der Waals surface area contributed by atoms with Gasteiger partial charge in [0.25, 0.3) is 5.91 Å². The van der Waals surface area contributed by atoms with Crippen molar-refractivity contribution in [3.05, 3.63) is 49.6 Å². The fourth-order valence-corrected chi connectivity index (χ4v) is 6.66. The molecule has 39 heavy (non-hydrogen) atoms. The molecule has 212 valence electrons. The minimum Gasteiger partial charge on any atom is -0.497 e. The summed E-state index contributed by atoms with van der Waals surface area (Å²) < 4.78 is 17.5. The molecular formula is C30H40N2O7. The summed E-state index contributed by atoms with van der Waals surface area (Å²) >= 11 is 0. The zero-order valence-electron chi connectivity index (χ0n) is 23.1. The fraction of sp³-hybridized carbons (Fsp3) is 0.567. The van der Waals surface area contributed by atoms with Gasteiger partial charge in [0.05, 0.1) is 37.9 Å². The summed E-state index contributed by atoms with van der Waals surface area (Å²) in [5, 5.41) is 10.3. The summed E-state index contributed by atoms with van der Waals surface area (Å²) in [4.78, 5) is 45.2. The molecule has 1 N–H and O–H groups in total. The van der Waals surface area contributed by atoms with E-state index in [1.165, 1.54) is 4.90 Å². The molecule has 2 amide bonds. The molecule has 1 spiro atoms. The first-order valence-electron chi connectivity index (χ1n) is 13.7. The number of fused-ring (bicyclic) bond motifs is 1. The number of nitrogens with zero attached hydrogens (tertiary/aromatic N) is 2. The normalized spacial score (nSPS) is 29.6. The maximum atomic E-state index is 14.5. The Hall–Kier alpha value is -3.17. The molecule has 3 aliphatic heterocycles. The number of carbonyl (C=O) groups excluding carboxylic acids is 3. The monoisotopic (exact) mass is 540 g/mol. The van der Waals surface area contributed by atoms with Crippen LogP contribution < -0.4 is 9.64 Å². The van der Waals surface area contributed by atoms with Gasteiger partial charge in [0, 0.05) is 12.2 Å². The molecule has 2 unspecified atom stereocenters. The Bertz CT molecular complexity index is 1100. The molecule has 9 nitrogen and oxygen atoms in total. The van der Waals surface area contributed by atoms with E-state index in [1.807, 2.05) is 13.8 Å². The first-order chi connectivity index (χ1) is 18.7. The molecule has 3 heterocycles. The number of anilines is 1. The summed E-state index contributed by atoms with van der Waals surface area (Å²) in [6, 6.07) is 5.45. The molecule has 0 aromatic heterocycles. The van der Waals surface area contributed by atoms with Crippen molar-refractivity contribution >= 4 is 23.5 Å². The number of hydrogen-bond acceptors (Lipinski definition) is 7. The van der Waals surface area contributed by atoms with E-state index in [0.29, 0.717) is 43.5 Å². The number of ether oxygens (including phenoxy) is 3. The van der Waals surface area contributed by atoms with Crippen LogP contribution in [-0.4, -0.2) is 77.9 Å². The third-order valence-electron chi connectivity index (χ3n) is 8.54. The second-order valence-electron chi connectivity index (χ2n) is 10.8. The number of rotatable bonds is 13. The van der Waals surface area contributed by atoms with Crippen molar-refractivity contribution in [3.63, 3.8) is 0 Å². The van der Waals surface area contributed by atoms with Gasteiger partial charge in [-0.2, -0.15) is 0 Å². The summed E-state index contributed by atoms with van der Waals surface area (Å²) in [6.45, 7) is 11.3. The number of hydrogen-bond donors (Lipinski definition) is 1. The first kappa shape index (κ1) is 28.8. The molecule has 0 saturated carbocycles. The van der Waals surface area contributed by atoms with Crippen molar-refractivity contribution in [2.24, 2.45) is 11.8 Å². The van der Waals surface area contributed by atoms with E-state index in [1.54, 1.807) is 48.4 Å². The lowest BCUT2D eigenvalue weighted by atomic mass is 9.66. The third kappa shape index (κ3) is 4.76. The molecule has 6 atom stereocenters. The Balaban J connectivity index is 1.76. The lowest BCUT2D eigenvalue weighted by Crippen LogP contribution is -2.59. The van der Waals surface area contributed by atoms with Gasteiger partial charge in [-0.3, -0.25) is 14.4 Å². The van der Waals surface area contributed by atoms with E-state index in [9.17, 15) is 19.5 Å². The van der Waals surface area contributed by atoms with Crippen molar-refractivity contribution in [3.8, 4) is 5.75 Å². The predicted octanol–water partition coefficient (Wildman–Crippen LogP) is 3.26. The summed E-state index contributed by atoms with van der Waals surface area (Å²) in [6.07, 6.45) is 6.13. The third-order valence-corrected chi connectivity index (χ3v) is 8.54. The van der Waals surface area contributed by atoms with Crippen LogP contribution in [0.5, 0.6) is 5.75 Å². The quantitative estimate of drug-likeness (QED) is 0.233. The summed E-state index contributed by atoms with van der Waals surface area (Å²) in [7, 11) is 1.57. The second kappa shape index (κ2) is 11.5. The van der Waals surface area contributed by atoms with E-state index in [4.69, 9.17) is 14.2 Å². The standard InChI is InChI=1S/C30H40N2O7/c1-6-9-10-18-38-28(36)24-23-26(34)32(20(8-3)19-33)25(30(23)16-15-29(24,4)39-30)27(35)31(17-7-2)21-11-13-22(37-5)14-12-21/h6-7,11-14,20,23-25,33H,1-2,8-10,15-19H2,3-5H3/t20-,23-,24-,25?,29+,30?/m0/s1. The van der Waals surface area contributed by atoms with Gasteiger partial charge >= 0.3 is 5.97 Å². The molecule has 0 aliphatic carbocycles. The van der Waals surface area contributed by atoms with Gasteiger partial charge in [0.15, 0.2) is 0 Å². The topological polar surface area (TPSA) is 106 Å². The van der Waals surface area contributed by atoms with Gasteiger partial charge in [-0.1, -0.05) is 19.1 Å². The van der Waals surface area contributed by atoms with Gasteiger partial charge in [-0.15, -0.1) is 13.2 Å². The van der Waals surface area contributed by atoms with E-state index < -0.39 is 41.1 Å². The number of likely N-dealkylation sites (tertiary alicyclic amines) is 1. The van der Waals surface area contributed by atoms with Crippen LogP contribution >= 0.6 is 0 Å².